The molecule has 0 N–H and O–H groups in total. The largest absolute Gasteiger partial charge is 0.484 e. The third kappa shape index (κ3) is 2.53. The molecule has 0 aromatic heterocycles. The molecule has 2 heterocycles. The summed E-state index contributed by atoms with van der Waals surface area (Å²) in [5.74, 6) is 0.937. The van der Waals surface area contributed by atoms with Crippen LogP contribution in [0.2, 0.25) is 0 Å². The Morgan fingerprint density at radius 1 is 1.05 bits per heavy atom. The van der Waals surface area contributed by atoms with Gasteiger partial charge in [-0.1, -0.05) is 29.3 Å². The van der Waals surface area contributed by atoms with E-state index in [-0.39, 0.29) is 12.5 Å². The van der Waals surface area contributed by atoms with Crippen molar-refractivity contribution in [2.45, 2.75) is 57.0 Å². The molecule has 3 fully saturated rings. The Hall–Kier alpha value is -1.77. The summed E-state index contributed by atoms with van der Waals surface area (Å²) in [5.41, 5.74) is 3.37. The minimum atomic E-state index is 0.161. The van der Waals surface area contributed by atoms with Crippen LogP contribution in [0.5, 0.6) is 5.75 Å². The summed E-state index contributed by atoms with van der Waals surface area (Å²) >= 11 is 0. The summed E-state index contributed by atoms with van der Waals surface area (Å²) in [6.45, 7) is 0.170. The fourth-order valence-electron chi connectivity index (χ4n) is 4.15. The van der Waals surface area contributed by atoms with Gasteiger partial charge in [0.2, 0.25) is 0 Å². The molecule has 1 aromatic rings. The highest BCUT2D eigenvalue weighted by Crippen LogP contribution is 2.43. The first kappa shape index (κ1) is 13.9. The van der Waals surface area contributed by atoms with E-state index in [0.29, 0.717) is 12.1 Å². The Morgan fingerprint density at radius 2 is 1.73 bits per heavy atom. The fourth-order valence-corrected chi connectivity index (χ4v) is 4.15. The van der Waals surface area contributed by atoms with Crippen molar-refractivity contribution < 1.29 is 9.53 Å². The van der Waals surface area contributed by atoms with Crippen molar-refractivity contribution in [3.63, 3.8) is 0 Å². The Kier molecular flexibility index (Phi) is 3.65. The van der Waals surface area contributed by atoms with Crippen LogP contribution in [0.15, 0.2) is 41.5 Å². The highest BCUT2D eigenvalue weighted by atomic mass is 16.5. The molecule has 2 aliphatic heterocycles. The highest BCUT2D eigenvalue weighted by molar-refractivity contribution is 5.79. The number of hydrogen-bond donors (Lipinski definition) is 0. The van der Waals surface area contributed by atoms with Gasteiger partial charge in [0.05, 0.1) is 0 Å². The molecule has 116 valence electrons. The number of fused-ring (bicyclic) bond motifs is 2. The van der Waals surface area contributed by atoms with Crippen LogP contribution >= 0.6 is 0 Å². The summed E-state index contributed by atoms with van der Waals surface area (Å²) < 4.78 is 5.65. The van der Waals surface area contributed by atoms with Gasteiger partial charge >= 0.3 is 0 Å². The van der Waals surface area contributed by atoms with Gasteiger partial charge in [-0.15, -0.1) is 0 Å². The van der Waals surface area contributed by atoms with E-state index in [2.05, 4.69) is 4.90 Å². The zero-order valence-corrected chi connectivity index (χ0v) is 13.0. The number of allylic oxidation sites excluding steroid dienone is 1. The first-order chi connectivity index (χ1) is 10.8. The molecule has 4 rings (SSSR count). The maximum atomic E-state index is 12.6. The van der Waals surface area contributed by atoms with Crippen LogP contribution in [0.4, 0.5) is 0 Å². The van der Waals surface area contributed by atoms with Gasteiger partial charge in [0.1, 0.15) is 5.75 Å². The zero-order valence-electron chi connectivity index (χ0n) is 13.0. The van der Waals surface area contributed by atoms with E-state index in [0.717, 1.165) is 18.6 Å². The zero-order chi connectivity index (χ0) is 14.9. The number of carbonyl (C=O) groups excluding carboxylic acids is 1. The lowest BCUT2D eigenvalue weighted by Crippen LogP contribution is -2.47. The predicted octanol–water partition coefficient (Wildman–Crippen LogP) is 3.70. The Labute approximate surface area is 132 Å². The number of ether oxygens (including phenoxy) is 1. The fraction of sp³-hybridized carbons (Fsp3) is 0.526. The molecule has 2 bridgehead atoms. The van der Waals surface area contributed by atoms with E-state index in [1.165, 1.54) is 32.1 Å². The topological polar surface area (TPSA) is 29.5 Å². The second kappa shape index (κ2) is 5.79. The van der Waals surface area contributed by atoms with Crippen LogP contribution in [-0.4, -0.2) is 29.5 Å². The van der Waals surface area contributed by atoms with Gasteiger partial charge in [-0.3, -0.25) is 4.79 Å². The van der Waals surface area contributed by atoms with Crippen LogP contribution in [0, 0.1) is 0 Å². The number of amides is 1. The van der Waals surface area contributed by atoms with E-state index < -0.39 is 0 Å². The molecule has 3 aliphatic rings. The average molecular weight is 297 g/mol. The minimum absolute atomic E-state index is 0.161. The standard InChI is InChI=1S/C19H23NO2/c21-19(13-22-18-7-2-1-3-8-18)20-16-9-10-17(20)12-15(11-16)14-5-4-6-14/h1-3,7-8,16-17H,4-6,9-13H2. The van der Waals surface area contributed by atoms with Crippen molar-refractivity contribution in [1.82, 2.24) is 4.90 Å². The van der Waals surface area contributed by atoms with E-state index in [9.17, 15) is 4.79 Å². The van der Waals surface area contributed by atoms with Crippen LogP contribution in [0.3, 0.4) is 0 Å². The van der Waals surface area contributed by atoms with Crippen molar-refractivity contribution in [2.75, 3.05) is 6.61 Å². The van der Waals surface area contributed by atoms with Gasteiger partial charge in [0.25, 0.3) is 5.91 Å². The molecule has 2 saturated heterocycles. The number of hydrogen-bond acceptors (Lipinski definition) is 2. The van der Waals surface area contributed by atoms with E-state index in [1.807, 2.05) is 30.3 Å². The van der Waals surface area contributed by atoms with Crippen LogP contribution < -0.4 is 4.74 Å². The molecule has 3 heteroatoms. The second-order valence-electron chi connectivity index (χ2n) is 6.76. The summed E-state index contributed by atoms with van der Waals surface area (Å²) in [7, 11) is 0. The lowest BCUT2D eigenvalue weighted by Gasteiger charge is -2.38. The van der Waals surface area contributed by atoms with Crippen molar-refractivity contribution in [2.24, 2.45) is 0 Å². The average Bonchev–Trinajstić information content (AvgIpc) is 2.75. The van der Waals surface area contributed by atoms with Gasteiger partial charge < -0.3 is 9.64 Å². The highest BCUT2D eigenvalue weighted by Gasteiger charge is 2.42. The summed E-state index contributed by atoms with van der Waals surface area (Å²) in [6, 6.07) is 10.5. The minimum Gasteiger partial charge on any atom is -0.484 e. The van der Waals surface area contributed by atoms with Gasteiger partial charge in [0.15, 0.2) is 6.61 Å². The Balaban J connectivity index is 1.40. The maximum absolute atomic E-state index is 12.6. The molecule has 2 atom stereocenters. The van der Waals surface area contributed by atoms with Gasteiger partial charge in [-0.2, -0.15) is 0 Å². The van der Waals surface area contributed by atoms with Crippen molar-refractivity contribution in [1.29, 1.82) is 0 Å². The first-order valence-corrected chi connectivity index (χ1v) is 8.50. The third-order valence-corrected chi connectivity index (χ3v) is 5.43. The molecule has 1 aliphatic carbocycles. The molecule has 0 radical (unpaired) electrons. The molecule has 2 unspecified atom stereocenters. The lowest BCUT2D eigenvalue weighted by atomic mass is 9.82. The third-order valence-electron chi connectivity index (χ3n) is 5.43. The quantitative estimate of drug-likeness (QED) is 0.796. The van der Waals surface area contributed by atoms with E-state index in [4.69, 9.17) is 4.74 Å². The molecule has 0 spiro atoms. The smallest absolute Gasteiger partial charge is 0.261 e. The number of nitrogens with zero attached hydrogens (tertiary/aromatic N) is 1. The summed E-state index contributed by atoms with van der Waals surface area (Å²) in [5, 5.41) is 0. The number of para-hydroxylation sites is 1. The molecular formula is C19H23NO2. The SMILES string of the molecule is O=C(COc1ccccc1)N1C2CCC1CC(=C1CCC1)C2. The van der Waals surface area contributed by atoms with Gasteiger partial charge in [0, 0.05) is 12.1 Å². The number of piperidine rings is 1. The number of carbonyl (C=O) groups is 1. The maximum Gasteiger partial charge on any atom is 0.261 e. The number of benzene rings is 1. The molecule has 1 amide bonds. The monoisotopic (exact) mass is 297 g/mol. The van der Waals surface area contributed by atoms with Crippen molar-refractivity contribution in [3.05, 3.63) is 41.5 Å². The van der Waals surface area contributed by atoms with Gasteiger partial charge in [-0.05, 0) is 57.1 Å². The van der Waals surface area contributed by atoms with E-state index in [1.54, 1.807) is 11.1 Å². The van der Waals surface area contributed by atoms with Crippen molar-refractivity contribution >= 4 is 5.91 Å². The first-order valence-electron chi connectivity index (χ1n) is 8.50. The Morgan fingerprint density at radius 3 is 2.32 bits per heavy atom. The summed E-state index contributed by atoms with van der Waals surface area (Å²) in [6.07, 6.45) is 8.53. The lowest BCUT2D eigenvalue weighted by molar-refractivity contribution is -0.137. The van der Waals surface area contributed by atoms with Crippen LogP contribution in [-0.2, 0) is 4.79 Å². The molecule has 1 aromatic carbocycles. The molecule has 1 saturated carbocycles. The van der Waals surface area contributed by atoms with Crippen LogP contribution in [0.25, 0.3) is 0 Å². The van der Waals surface area contributed by atoms with Crippen molar-refractivity contribution in [3.8, 4) is 5.75 Å². The normalized spacial score (nSPS) is 26.8. The van der Waals surface area contributed by atoms with E-state index >= 15 is 0 Å². The van der Waals surface area contributed by atoms with Crippen LogP contribution in [0.1, 0.15) is 44.9 Å². The predicted molar refractivity (Wildman–Crippen MR) is 85.7 cm³/mol. The molecule has 3 nitrogen and oxygen atoms in total. The Bertz CT molecular complexity index is 571. The molecule has 22 heavy (non-hydrogen) atoms. The summed E-state index contributed by atoms with van der Waals surface area (Å²) in [4.78, 5) is 14.7. The second-order valence-corrected chi connectivity index (χ2v) is 6.76. The molecular weight excluding hydrogens is 274 g/mol. The number of rotatable bonds is 3. The van der Waals surface area contributed by atoms with Gasteiger partial charge in [-0.25, -0.2) is 0 Å².